The molecule has 2 N–H and O–H groups in total. The zero-order valence-electron chi connectivity index (χ0n) is 11.1. The van der Waals surface area contributed by atoms with Gasteiger partial charge in [0.05, 0.1) is 5.41 Å². The standard InChI is InChI=1S/C13H25N3O/c1-3-16-8-4-5-11(9-16)15-12(17)13(2)6-7-14-10-13/h11,14H,3-10H2,1-2H3,(H,15,17). The highest BCUT2D eigenvalue weighted by Crippen LogP contribution is 2.25. The number of amides is 1. The first-order valence-electron chi connectivity index (χ1n) is 6.88. The normalized spacial score (nSPS) is 34.8. The highest BCUT2D eigenvalue weighted by atomic mass is 16.2. The molecular formula is C13H25N3O. The third kappa shape index (κ3) is 2.99. The van der Waals surface area contributed by atoms with E-state index in [0.29, 0.717) is 6.04 Å². The lowest BCUT2D eigenvalue weighted by Crippen LogP contribution is -2.51. The van der Waals surface area contributed by atoms with Gasteiger partial charge in [-0.05, 0) is 45.8 Å². The van der Waals surface area contributed by atoms with Crippen LogP contribution in [0.25, 0.3) is 0 Å². The molecule has 98 valence electrons. The van der Waals surface area contributed by atoms with Crippen LogP contribution in [0.5, 0.6) is 0 Å². The number of nitrogens with zero attached hydrogens (tertiary/aromatic N) is 1. The lowest BCUT2D eigenvalue weighted by atomic mass is 9.88. The molecule has 0 saturated carbocycles. The number of rotatable bonds is 3. The Morgan fingerprint density at radius 3 is 3.06 bits per heavy atom. The maximum absolute atomic E-state index is 12.3. The van der Waals surface area contributed by atoms with E-state index in [1.165, 1.54) is 13.0 Å². The van der Waals surface area contributed by atoms with Crippen molar-refractivity contribution in [3.05, 3.63) is 0 Å². The van der Waals surface area contributed by atoms with Crippen LogP contribution < -0.4 is 10.6 Å². The second-order valence-electron chi connectivity index (χ2n) is 5.69. The van der Waals surface area contributed by atoms with E-state index in [-0.39, 0.29) is 11.3 Å². The number of likely N-dealkylation sites (tertiary alicyclic amines) is 1. The van der Waals surface area contributed by atoms with Crippen LogP contribution in [-0.4, -0.2) is 49.6 Å². The Bertz CT molecular complexity index is 274. The molecule has 0 aromatic carbocycles. The molecule has 0 radical (unpaired) electrons. The Balaban J connectivity index is 1.85. The lowest BCUT2D eigenvalue weighted by Gasteiger charge is -2.34. The predicted molar refractivity (Wildman–Crippen MR) is 68.9 cm³/mol. The van der Waals surface area contributed by atoms with Gasteiger partial charge in [-0.15, -0.1) is 0 Å². The summed E-state index contributed by atoms with van der Waals surface area (Å²) in [6.45, 7) is 9.34. The van der Waals surface area contributed by atoms with Crippen LogP contribution in [0.1, 0.15) is 33.1 Å². The minimum absolute atomic E-state index is 0.186. The van der Waals surface area contributed by atoms with Crippen molar-refractivity contribution in [3.63, 3.8) is 0 Å². The summed E-state index contributed by atoms with van der Waals surface area (Å²) in [5.74, 6) is 0.241. The summed E-state index contributed by atoms with van der Waals surface area (Å²) in [6, 6.07) is 0.355. The molecule has 0 aromatic heterocycles. The molecule has 2 fully saturated rings. The molecule has 17 heavy (non-hydrogen) atoms. The fourth-order valence-electron chi connectivity index (χ4n) is 2.83. The first-order valence-corrected chi connectivity index (χ1v) is 6.88. The summed E-state index contributed by atoms with van der Waals surface area (Å²) in [5, 5.41) is 6.52. The van der Waals surface area contributed by atoms with Crippen molar-refractivity contribution >= 4 is 5.91 Å². The molecule has 2 aliphatic heterocycles. The van der Waals surface area contributed by atoms with Crippen molar-refractivity contribution in [2.45, 2.75) is 39.2 Å². The predicted octanol–water partition coefficient (Wildman–Crippen LogP) is 0.587. The van der Waals surface area contributed by atoms with Gasteiger partial charge in [-0.25, -0.2) is 0 Å². The number of hydrogen-bond donors (Lipinski definition) is 2. The highest BCUT2D eigenvalue weighted by molar-refractivity contribution is 5.83. The summed E-state index contributed by atoms with van der Waals surface area (Å²) in [7, 11) is 0. The summed E-state index contributed by atoms with van der Waals surface area (Å²) in [5.41, 5.74) is -0.186. The van der Waals surface area contributed by atoms with Crippen molar-refractivity contribution in [2.24, 2.45) is 5.41 Å². The second kappa shape index (κ2) is 5.36. The van der Waals surface area contributed by atoms with Gasteiger partial charge >= 0.3 is 0 Å². The Hall–Kier alpha value is -0.610. The van der Waals surface area contributed by atoms with Gasteiger partial charge in [0.15, 0.2) is 0 Å². The average Bonchev–Trinajstić information content (AvgIpc) is 2.78. The van der Waals surface area contributed by atoms with Gasteiger partial charge in [-0.1, -0.05) is 6.92 Å². The summed E-state index contributed by atoms with van der Waals surface area (Å²) < 4.78 is 0. The largest absolute Gasteiger partial charge is 0.352 e. The van der Waals surface area contributed by atoms with Gasteiger partial charge in [0.1, 0.15) is 0 Å². The molecule has 0 aliphatic carbocycles. The maximum atomic E-state index is 12.3. The Labute approximate surface area is 104 Å². The van der Waals surface area contributed by atoms with E-state index in [9.17, 15) is 4.79 Å². The topological polar surface area (TPSA) is 44.4 Å². The van der Waals surface area contributed by atoms with Crippen LogP contribution in [0, 0.1) is 5.41 Å². The van der Waals surface area contributed by atoms with Crippen molar-refractivity contribution < 1.29 is 4.79 Å². The van der Waals surface area contributed by atoms with E-state index < -0.39 is 0 Å². The summed E-state index contributed by atoms with van der Waals surface area (Å²) in [4.78, 5) is 14.7. The molecule has 0 bridgehead atoms. The van der Waals surface area contributed by atoms with Crippen molar-refractivity contribution in [1.82, 2.24) is 15.5 Å². The molecule has 4 heteroatoms. The fraction of sp³-hybridized carbons (Fsp3) is 0.923. The third-order valence-electron chi connectivity index (χ3n) is 4.20. The van der Waals surface area contributed by atoms with Crippen molar-refractivity contribution in [1.29, 1.82) is 0 Å². The summed E-state index contributed by atoms with van der Waals surface area (Å²) in [6.07, 6.45) is 3.29. The molecule has 2 unspecified atom stereocenters. The van der Waals surface area contributed by atoms with Gasteiger partial charge < -0.3 is 15.5 Å². The lowest BCUT2D eigenvalue weighted by molar-refractivity contribution is -0.130. The van der Waals surface area contributed by atoms with Gasteiger partial charge in [-0.3, -0.25) is 4.79 Å². The van der Waals surface area contributed by atoms with Crippen LogP contribution in [0.2, 0.25) is 0 Å². The van der Waals surface area contributed by atoms with E-state index in [4.69, 9.17) is 0 Å². The fourth-order valence-corrected chi connectivity index (χ4v) is 2.83. The molecular weight excluding hydrogens is 214 g/mol. The van der Waals surface area contributed by atoms with Crippen LogP contribution in [0.3, 0.4) is 0 Å². The third-order valence-corrected chi connectivity index (χ3v) is 4.20. The van der Waals surface area contributed by atoms with E-state index in [0.717, 1.165) is 39.0 Å². The minimum atomic E-state index is -0.186. The molecule has 0 aromatic rings. The maximum Gasteiger partial charge on any atom is 0.227 e. The molecule has 0 spiro atoms. The van der Waals surface area contributed by atoms with Gasteiger partial charge in [0, 0.05) is 19.1 Å². The second-order valence-corrected chi connectivity index (χ2v) is 5.69. The zero-order valence-corrected chi connectivity index (χ0v) is 11.1. The smallest absolute Gasteiger partial charge is 0.227 e. The number of hydrogen-bond acceptors (Lipinski definition) is 3. The summed E-state index contributed by atoms with van der Waals surface area (Å²) >= 11 is 0. The quantitative estimate of drug-likeness (QED) is 0.757. The molecule has 4 nitrogen and oxygen atoms in total. The van der Waals surface area contributed by atoms with Gasteiger partial charge in [-0.2, -0.15) is 0 Å². The van der Waals surface area contributed by atoms with Crippen LogP contribution >= 0.6 is 0 Å². The van der Waals surface area contributed by atoms with Crippen molar-refractivity contribution in [3.8, 4) is 0 Å². The highest BCUT2D eigenvalue weighted by Gasteiger charge is 2.37. The molecule has 2 aliphatic rings. The van der Waals surface area contributed by atoms with E-state index in [1.54, 1.807) is 0 Å². The zero-order chi connectivity index (χ0) is 12.3. The number of carbonyl (C=O) groups excluding carboxylic acids is 1. The number of piperidine rings is 1. The Kier molecular flexibility index (Phi) is 4.05. The van der Waals surface area contributed by atoms with Crippen LogP contribution in [0.4, 0.5) is 0 Å². The molecule has 2 rings (SSSR count). The Morgan fingerprint density at radius 1 is 1.59 bits per heavy atom. The molecule has 1 amide bonds. The minimum Gasteiger partial charge on any atom is -0.352 e. The van der Waals surface area contributed by atoms with Crippen molar-refractivity contribution in [2.75, 3.05) is 32.7 Å². The SMILES string of the molecule is CCN1CCCC(NC(=O)C2(C)CCNC2)C1. The van der Waals surface area contributed by atoms with E-state index in [2.05, 4.69) is 29.4 Å². The average molecular weight is 239 g/mol. The number of carbonyl (C=O) groups is 1. The van der Waals surface area contributed by atoms with Gasteiger partial charge in [0.25, 0.3) is 0 Å². The Morgan fingerprint density at radius 2 is 2.41 bits per heavy atom. The molecule has 2 atom stereocenters. The van der Waals surface area contributed by atoms with Gasteiger partial charge in [0.2, 0.25) is 5.91 Å². The monoisotopic (exact) mass is 239 g/mol. The van der Waals surface area contributed by atoms with Crippen LogP contribution in [-0.2, 0) is 4.79 Å². The molecule has 2 heterocycles. The van der Waals surface area contributed by atoms with E-state index in [1.807, 2.05) is 0 Å². The number of likely N-dealkylation sites (N-methyl/N-ethyl adjacent to an activating group) is 1. The first-order chi connectivity index (χ1) is 8.14. The molecule has 2 saturated heterocycles. The van der Waals surface area contributed by atoms with Crippen LogP contribution in [0.15, 0.2) is 0 Å². The first kappa shape index (κ1) is 12.8. The number of nitrogens with one attached hydrogen (secondary N) is 2. The van der Waals surface area contributed by atoms with E-state index >= 15 is 0 Å².